The smallest absolute Gasteiger partial charge is 0.0640 e. The Bertz CT molecular complexity index is 345. The van der Waals surface area contributed by atoms with Gasteiger partial charge in [-0.2, -0.15) is 16.9 Å². The summed E-state index contributed by atoms with van der Waals surface area (Å²) in [6.07, 6.45) is 7.21. The first-order valence-corrected chi connectivity index (χ1v) is 8.23. The van der Waals surface area contributed by atoms with E-state index < -0.39 is 0 Å². The van der Waals surface area contributed by atoms with Crippen LogP contribution in [0, 0.1) is 5.92 Å². The lowest BCUT2D eigenvalue weighted by atomic mass is 9.92. The summed E-state index contributed by atoms with van der Waals surface area (Å²) >= 11 is 2.11. The van der Waals surface area contributed by atoms with Crippen molar-refractivity contribution in [2.24, 2.45) is 13.0 Å². The summed E-state index contributed by atoms with van der Waals surface area (Å²) in [4.78, 5) is 0. The molecule has 0 spiro atoms. The Morgan fingerprint density at radius 3 is 2.89 bits per heavy atom. The second kappa shape index (κ2) is 7.19. The average molecular weight is 267 g/mol. The first kappa shape index (κ1) is 13.9. The largest absolute Gasteiger partial charge is 0.314 e. The molecule has 2 heterocycles. The van der Waals surface area contributed by atoms with Crippen LogP contribution in [-0.2, 0) is 13.5 Å². The number of rotatable bonds is 6. The highest BCUT2D eigenvalue weighted by molar-refractivity contribution is 7.99. The molecular weight excluding hydrogens is 242 g/mol. The fourth-order valence-electron chi connectivity index (χ4n) is 2.74. The summed E-state index contributed by atoms with van der Waals surface area (Å²) in [5.41, 5.74) is 1.22. The van der Waals surface area contributed by atoms with Gasteiger partial charge in [-0.15, -0.1) is 0 Å². The maximum Gasteiger partial charge on any atom is 0.0640 e. The van der Waals surface area contributed by atoms with E-state index >= 15 is 0 Å². The summed E-state index contributed by atoms with van der Waals surface area (Å²) in [7, 11) is 1.99. The van der Waals surface area contributed by atoms with Gasteiger partial charge >= 0.3 is 0 Å². The number of hydrogen-bond donors (Lipinski definition) is 1. The van der Waals surface area contributed by atoms with Crippen LogP contribution >= 0.6 is 11.8 Å². The van der Waals surface area contributed by atoms with Gasteiger partial charge in [0.05, 0.1) is 5.69 Å². The number of aromatic nitrogens is 2. The Balaban J connectivity index is 1.86. The summed E-state index contributed by atoms with van der Waals surface area (Å²) in [5, 5.41) is 8.13. The van der Waals surface area contributed by atoms with E-state index in [1.165, 1.54) is 36.5 Å². The van der Waals surface area contributed by atoms with Crippen LogP contribution < -0.4 is 5.32 Å². The van der Waals surface area contributed by atoms with E-state index in [9.17, 15) is 0 Å². The topological polar surface area (TPSA) is 29.9 Å². The van der Waals surface area contributed by atoms with Crippen LogP contribution in [0.25, 0.3) is 0 Å². The molecule has 2 rings (SSSR count). The van der Waals surface area contributed by atoms with Gasteiger partial charge in [0.2, 0.25) is 0 Å². The summed E-state index contributed by atoms with van der Waals surface area (Å²) in [5.74, 6) is 3.62. The van der Waals surface area contributed by atoms with Crippen molar-refractivity contribution in [1.82, 2.24) is 15.1 Å². The van der Waals surface area contributed by atoms with E-state index in [2.05, 4.69) is 35.2 Å². The third kappa shape index (κ3) is 4.32. The van der Waals surface area contributed by atoms with Gasteiger partial charge in [0.15, 0.2) is 0 Å². The Labute approximate surface area is 115 Å². The van der Waals surface area contributed by atoms with Crippen LogP contribution in [0.1, 0.15) is 31.9 Å². The highest BCUT2D eigenvalue weighted by Gasteiger charge is 2.19. The minimum Gasteiger partial charge on any atom is -0.314 e. The van der Waals surface area contributed by atoms with E-state index in [0.717, 1.165) is 18.9 Å². The van der Waals surface area contributed by atoms with Crippen molar-refractivity contribution >= 4 is 11.8 Å². The summed E-state index contributed by atoms with van der Waals surface area (Å²) in [6, 6.07) is 2.74. The molecule has 1 aromatic rings. The van der Waals surface area contributed by atoms with Crippen LogP contribution in [0.15, 0.2) is 12.3 Å². The highest BCUT2D eigenvalue weighted by Crippen LogP contribution is 2.26. The molecule has 0 bridgehead atoms. The standard InChI is InChI=1S/C14H25N3S/c1-3-15-14(10-12-5-8-18-9-6-12)11-13-4-7-17(2)16-13/h4,7,12,14-15H,3,5-6,8-11H2,1-2H3. The molecule has 1 aliphatic rings. The molecular formula is C14H25N3S. The maximum absolute atomic E-state index is 4.50. The van der Waals surface area contributed by atoms with Crippen LogP contribution in [0.3, 0.4) is 0 Å². The maximum atomic E-state index is 4.50. The fraction of sp³-hybridized carbons (Fsp3) is 0.786. The van der Waals surface area contributed by atoms with Crippen LogP contribution in [0.2, 0.25) is 0 Å². The van der Waals surface area contributed by atoms with Gasteiger partial charge in [0.1, 0.15) is 0 Å². The fourth-order valence-corrected chi connectivity index (χ4v) is 3.94. The molecule has 4 heteroatoms. The predicted molar refractivity (Wildman–Crippen MR) is 79.0 cm³/mol. The normalized spacial score (nSPS) is 19.0. The third-order valence-electron chi connectivity index (χ3n) is 3.68. The minimum atomic E-state index is 0.595. The molecule has 1 atom stereocenters. The average Bonchev–Trinajstić information content (AvgIpc) is 2.76. The van der Waals surface area contributed by atoms with E-state index in [4.69, 9.17) is 0 Å². The van der Waals surface area contributed by atoms with Crippen LogP contribution in [0.5, 0.6) is 0 Å². The molecule has 0 aromatic carbocycles. The second-order valence-electron chi connectivity index (χ2n) is 5.23. The molecule has 0 aliphatic carbocycles. The van der Waals surface area contributed by atoms with E-state index in [0.29, 0.717) is 6.04 Å². The Morgan fingerprint density at radius 1 is 1.50 bits per heavy atom. The van der Waals surface area contributed by atoms with Crippen LogP contribution in [-0.4, -0.2) is 33.9 Å². The number of thioether (sulfide) groups is 1. The number of nitrogens with one attached hydrogen (secondary N) is 1. The van der Waals surface area contributed by atoms with Gasteiger partial charge in [-0.3, -0.25) is 4.68 Å². The zero-order valence-electron chi connectivity index (χ0n) is 11.6. The minimum absolute atomic E-state index is 0.595. The van der Waals surface area contributed by atoms with Gasteiger partial charge in [-0.25, -0.2) is 0 Å². The van der Waals surface area contributed by atoms with Crippen molar-refractivity contribution in [1.29, 1.82) is 0 Å². The Hall–Kier alpha value is -0.480. The van der Waals surface area contributed by atoms with Gasteiger partial charge in [-0.05, 0) is 49.3 Å². The molecule has 1 aliphatic heterocycles. The van der Waals surface area contributed by atoms with E-state index in [-0.39, 0.29) is 0 Å². The summed E-state index contributed by atoms with van der Waals surface area (Å²) < 4.78 is 1.90. The van der Waals surface area contributed by atoms with Gasteiger partial charge in [0, 0.05) is 25.7 Å². The van der Waals surface area contributed by atoms with Crippen molar-refractivity contribution in [2.75, 3.05) is 18.1 Å². The molecule has 0 radical (unpaired) electrons. The highest BCUT2D eigenvalue weighted by atomic mass is 32.2. The molecule has 0 amide bonds. The van der Waals surface area contributed by atoms with Crippen molar-refractivity contribution < 1.29 is 0 Å². The Morgan fingerprint density at radius 2 is 2.28 bits per heavy atom. The van der Waals surface area contributed by atoms with Gasteiger partial charge < -0.3 is 5.32 Å². The molecule has 0 saturated carbocycles. The zero-order valence-corrected chi connectivity index (χ0v) is 12.4. The molecule has 1 aromatic heterocycles. The van der Waals surface area contributed by atoms with Gasteiger partial charge in [-0.1, -0.05) is 6.92 Å². The lowest BCUT2D eigenvalue weighted by Crippen LogP contribution is -2.34. The first-order chi connectivity index (χ1) is 8.78. The van der Waals surface area contributed by atoms with Crippen molar-refractivity contribution in [3.05, 3.63) is 18.0 Å². The van der Waals surface area contributed by atoms with Crippen molar-refractivity contribution in [3.8, 4) is 0 Å². The monoisotopic (exact) mass is 267 g/mol. The van der Waals surface area contributed by atoms with Gasteiger partial charge in [0.25, 0.3) is 0 Å². The second-order valence-corrected chi connectivity index (χ2v) is 6.46. The Kier molecular flexibility index (Phi) is 5.57. The molecule has 18 heavy (non-hydrogen) atoms. The molecule has 1 unspecified atom stereocenters. The first-order valence-electron chi connectivity index (χ1n) is 7.07. The van der Waals surface area contributed by atoms with Crippen molar-refractivity contribution in [2.45, 2.75) is 38.6 Å². The predicted octanol–water partition coefficient (Wildman–Crippen LogP) is 2.47. The molecule has 102 valence electrons. The van der Waals surface area contributed by atoms with Crippen LogP contribution in [0.4, 0.5) is 0 Å². The SMILES string of the molecule is CCNC(Cc1ccn(C)n1)CC1CCSCC1. The zero-order chi connectivity index (χ0) is 12.8. The number of likely N-dealkylation sites (N-methyl/N-ethyl adjacent to an activating group) is 1. The molecule has 1 N–H and O–H groups in total. The molecule has 1 saturated heterocycles. The van der Waals surface area contributed by atoms with E-state index in [1.807, 2.05) is 17.9 Å². The number of nitrogens with zero attached hydrogens (tertiary/aromatic N) is 2. The lowest BCUT2D eigenvalue weighted by molar-refractivity contribution is 0.364. The lowest BCUT2D eigenvalue weighted by Gasteiger charge is -2.26. The molecule has 3 nitrogen and oxygen atoms in total. The van der Waals surface area contributed by atoms with E-state index in [1.54, 1.807) is 0 Å². The number of aryl methyl sites for hydroxylation is 1. The third-order valence-corrected chi connectivity index (χ3v) is 4.72. The number of hydrogen-bond acceptors (Lipinski definition) is 3. The summed E-state index contributed by atoms with van der Waals surface area (Å²) in [6.45, 7) is 3.25. The van der Waals surface area contributed by atoms with Crippen molar-refractivity contribution in [3.63, 3.8) is 0 Å². The quantitative estimate of drug-likeness (QED) is 0.859. The molecule has 1 fully saturated rings.